The van der Waals surface area contributed by atoms with Crippen molar-refractivity contribution in [2.75, 3.05) is 31.7 Å². The predicted molar refractivity (Wildman–Crippen MR) is 81.0 cm³/mol. The minimum absolute atomic E-state index is 0.0733. The average Bonchev–Trinajstić information content (AvgIpc) is 2.98. The number of aromatic amines is 1. The molecule has 110 valence electrons. The van der Waals surface area contributed by atoms with Crippen LogP contribution >= 0.6 is 11.8 Å². The van der Waals surface area contributed by atoms with E-state index < -0.39 is 0 Å². The van der Waals surface area contributed by atoms with Crippen LogP contribution in [0.1, 0.15) is 11.5 Å². The lowest BCUT2D eigenvalue weighted by Crippen LogP contribution is -2.09. The molecule has 2 rings (SSSR count). The van der Waals surface area contributed by atoms with Crippen molar-refractivity contribution < 1.29 is 9.52 Å². The zero-order chi connectivity index (χ0) is 14.4. The van der Waals surface area contributed by atoms with Gasteiger partial charge in [-0.2, -0.15) is 11.8 Å². The van der Waals surface area contributed by atoms with Crippen molar-refractivity contribution in [2.24, 2.45) is 0 Å². The van der Waals surface area contributed by atoms with Gasteiger partial charge in [0.1, 0.15) is 11.5 Å². The first-order valence-corrected chi connectivity index (χ1v) is 7.57. The van der Waals surface area contributed by atoms with Gasteiger partial charge in [-0.3, -0.25) is 4.98 Å². The number of hydrogen-bond donors (Lipinski definition) is 3. The Kier molecular flexibility index (Phi) is 5.37. The fraction of sp³-hybridized carbons (Fsp3) is 0.462. The maximum atomic E-state index is 9.09. The third-order valence-corrected chi connectivity index (χ3v) is 3.52. The Labute approximate surface area is 122 Å². The van der Waals surface area contributed by atoms with E-state index in [0.717, 1.165) is 36.1 Å². The number of imidazole rings is 1. The van der Waals surface area contributed by atoms with Crippen LogP contribution in [0, 0.1) is 0 Å². The molecule has 3 N–H and O–H groups in total. The Bertz CT molecular complexity index is 524. The van der Waals surface area contributed by atoms with Crippen molar-refractivity contribution in [1.82, 2.24) is 14.9 Å². The molecule has 20 heavy (non-hydrogen) atoms. The van der Waals surface area contributed by atoms with Crippen molar-refractivity contribution >= 4 is 17.7 Å². The van der Waals surface area contributed by atoms with Crippen LogP contribution in [0.15, 0.2) is 22.7 Å². The summed E-state index contributed by atoms with van der Waals surface area (Å²) in [4.78, 5) is 8.74. The fourth-order valence-corrected chi connectivity index (χ4v) is 2.46. The first-order valence-electron chi connectivity index (χ1n) is 6.41. The van der Waals surface area contributed by atoms with E-state index in [-0.39, 0.29) is 5.88 Å². The summed E-state index contributed by atoms with van der Waals surface area (Å²) in [7, 11) is 4.05. The van der Waals surface area contributed by atoms with Gasteiger partial charge in [-0.05, 0) is 26.2 Å². The summed E-state index contributed by atoms with van der Waals surface area (Å²) in [6.07, 6.45) is 1.38. The summed E-state index contributed by atoms with van der Waals surface area (Å²) in [6.45, 7) is 1.61. The minimum atomic E-state index is 0.0733. The number of rotatable bonds is 8. The number of aromatic hydroxyl groups is 1. The first kappa shape index (κ1) is 14.8. The zero-order valence-electron chi connectivity index (χ0n) is 11.7. The summed E-state index contributed by atoms with van der Waals surface area (Å²) in [5, 5.41) is 12.2. The van der Waals surface area contributed by atoms with E-state index in [9.17, 15) is 0 Å². The quantitative estimate of drug-likeness (QED) is 0.648. The highest BCUT2D eigenvalue weighted by molar-refractivity contribution is 7.98. The van der Waals surface area contributed by atoms with Gasteiger partial charge in [0.2, 0.25) is 11.8 Å². The third-order valence-electron chi connectivity index (χ3n) is 2.53. The molecule has 0 aliphatic carbocycles. The number of furan rings is 1. The van der Waals surface area contributed by atoms with Gasteiger partial charge in [-0.15, -0.1) is 0 Å². The molecule has 0 amide bonds. The van der Waals surface area contributed by atoms with Gasteiger partial charge >= 0.3 is 0 Å². The van der Waals surface area contributed by atoms with Crippen molar-refractivity contribution in [1.29, 1.82) is 0 Å². The first-order chi connectivity index (χ1) is 9.63. The smallest absolute Gasteiger partial charge is 0.210 e. The molecule has 2 heterocycles. The lowest BCUT2D eigenvalue weighted by atomic mass is 10.4. The Hall–Kier alpha value is -1.60. The second-order valence-corrected chi connectivity index (χ2v) is 5.81. The summed E-state index contributed by atoms with van der Waals surface area (Å²) in [5.41, 5.74) is 0. The largest absolute Gasteiger partial charge is 0.493 e. The highest BCUT2D eigenvalue weighted by Gasteiger charge is 2.03. The second kappa shape index (κ2) is 7.25. The van der Waals surface area contributed by atoms with Crippen LogP contribution in [-0.4, -0.2) is 46.4 Å². The van der Waals surface area contributed by atoms with E-state index in [0.29, 0.717) is 5.95 Å². The van der Waals surface area contributed by atoms with Gasteiger partial charge in [0, 0.05) is 12.3 Å². The van der Waals surface area contributed by atoms with Gasteiger partial charge in [0.25, 0.3) is 0 Å². The molecule has 0 unspecified atom stereocenters. The summed E-state index contributed by atoms with van der Waals surface area (Å²) >= 11 is 1.79. The van der Waals surface area contributed by atoms with Gasteiger partial charge in [-0.1, -0.05) is 0 Å². The molecule has 0 bridgehead atoms. The summed E-state index contributed by atoms with van der Waals surface area (Å²) < 4.78 is 5.73. The molecule has 0 spiro atoms. The molecular formula is C13H20N4O2S. The molecule has 2 aromatic heterocycles. The number of nitrogens with zero attached hydrogens (tertiary/aromatic N) is 2. The van der Waals surface area contributed by atoms with E-state index >= 15 is 0 Å². The molecular weight excluding hydrogens is 276 g/mol. The normalized spacial score (nSPS) is 11.2. The number of thioether (sulfide) groups is 1. The molecule has 0 saturated heterocycles. The topological polar surface area (TPSA) is 77.3 Å². The van der Waals surface area contributed by atoms with Crippen molar-refractivity contribution in [3.8, 4) is 5.88 Å². The maximum Gasteiger partial charge on any atom is 0.210 e. The Morgan fingerprint density at radius 2 is 2.20 bits per heavy atom. The van der Waals surface area contributed by atoms with E-state index in [1.54, 1.807) is 11.8 Å². The molecule has 0 atom stereocenters. The van der Waals surface area contributed by atoms with Crippen molar-refractivity contribution in [2.45, 2.75) is 12.3 Å². The lowest BCUT2D eigenvalue weighted by molar-refractivity contribution is 0.344. The highest BCUT2D eigenvalue weighted by atomic mass is 32.2. The van der Waals surface area contributed by atoms with E-state index in [1.165, 1.54) is 6.20 Å². The van der Waals surface area contributed by atoms with Crippen LogP contribution in [0.4, 0.5) is 5.95 Å². The molecule has 7 heteroatoms. The number of aromatic nitrogens is 2. The zero-order valence-corrected chi connectivity index (χ0v) is 12.5. The molecule has 2 aromatic rings. The summed E-state index contributed by atoms with van der Waals surface area (Å²) in [5.74, 6) is 4.46. The van der Waals surface area contributed by atoms with Crippen LogP contribution in [0.25, 0.3) is 0 Å². The van der Waals surface area contributed by atoms with Gasteiger partial charge in [-0.25, -0.2) is 4.98 Å². The van der Waals surface area contributed by atoms with E-state index in [1.807, 2.05) is 26.2 Å². The van der Waals surface area contributed by atoms with Crippen LogP contribution < -0.4 is 5.32 Å². The molecule has 0 fully saturated rings. The maximum absolute atomic E-state index is 9.09. The summed E-state index contributed by atoms with van der Waals surface area (Å²) in [6, 6.07) is 4.06. The number of H-pyrrole nitrogens is 1. The van der Waals surface area contributed by atoms with E-state index in [2.05, 4.69) is 20.2 Å². The predicted octanol–water partition coefficient (Wildman–Crippen LogP) is 2.12. The average molecular weight is 296 g/mol. The molecule has 0 aliphatic rings. The molecule has 6 nitrogen and oxygen atoms in total. The van der Waals surface area contributed by atoms with Gasteiger partial charge in [0.05, 0.1) is 18.5 Å². The SMILES string of the molecule is CN(C)Cc1ccc(CSCCNc2ncc(O)[nH]2)o1. The third kappa shape index (κ3) is 4.82. The van der Waals surface area contributed by atoms with Gasteiger partial charge in [0.15, 0.2) is 0 Å². The molecule has 0 radical (unpaired) electrons. The van der Waals surface area contributed by atoms with Crippen LogP contribution in [0.2, 0.25) is 0 Å². The fourth-order valence-electron chi connectivity index (χ4n) is 1.71. The number of anilines is 1. The number of nitrogens with one attached hydrogen (secondary N) is 2. The lowest BCUT2D eigenvalue weighted by Gasteiger charge is -2.05. The Morgan fingerprint density at radius 3 is 2.90 bits per heavy atom. The Morgan fingerprint density at radius 1 is 1.40 bits per heavy atom. The van der Waals surface area contributed by atoms with E-state index in [4.69, 9.17) is 9.52 Å². The molecule has 0 saturated carbocycles. The van der Waals surface area contributed by atoms with Crippen molar-refractivity contribution in [3.63, 3.8) is 0 Å². The number of hydrogen-bond acceptors (Lipinski definition) is 6. The highest BCUT2D eigenvalue weighted by Crippen LogP contribution is 2.16. The van der Waals surface area contributed by atoms with Crippen LogP contribution in [0.5, 0.6) is 5.88 Å². The van der Waals surface area contributed by atoms with Crippen LogP contribution in [-0.2, 0) is 12.3 Å². The second-order valence-electron chi connectivity index (χ2n) is 4.70. The van der Waals surface area contributed by atoms with Gasteiger partial charge < -0.3 is 19.7 Å². The monoisotopic (exact) mass is 296 g/mol. The molecule has 0 aliphatic heterocycles. The van der Waals surface area contributed by atoms with Crippen LogP contribution in [0.3, 0.4) is 0 Å². The van der Waals surface area contributed by atoms with Crippen molar-refractivity contribution in [3.05, 3.63) is 29.9 Å². The standard InChI is InChI=1S/C13H20N4O2S/c1-17(2)8-10-3-4-11(19-10)9-20-6-5-14-13-15-7-12(18)16-13/h3-4,7,18H,5-6,8-9H2,1-2H3,(H2,14,15,16). The molecule has 0 aromatic carbocycles. The minimum Gasteiger partial charge on any atom is -0.493 e. The Balaban J connectivity index is 1.62.